The van der Waals surface area contributed by atoms with Crippen LogP contribution in [0.5, 0.6) is 0 Å². The van der Waals surface area contributed by atoms with E-state index in [1.807, 2.05) is 4.57 Å². The van der Waals surface area contributed by atoms with Gasteiger partial charge in [0.25, 0.3) is 0 Å². The van der Waals surface area contributed by atoms with Crippen LogP contribution >= 0.6 is 11.8 Å². The smallest absolute Gasteiger partial charge is 0.245 e. The van der Waals surface area contributed by atoms with Crippen molar-refractivity contribution in [3.63, 3.8) is 0 Å². The largest absolute Gasteiger partial charge is 0.870 e. The zero-order chi connectivity index (χ0) is 14.3. The molecule has 1 aromatic heterocycles. The molecule has 0 saturated carbocycles. The average molecular weight is 317 g/mol. The third-order valence-corrected chi connectivity index (χ3v) is 4.08. The summed E-state index contributed by atoms with van der Waals surface area (Å²) < 4.78 is 26.3. The predicted octanol–water partition coefficient (Wildman–Crippen LogP) is -0.0225. The van der Waals surface area contributed by atoms with Gasteiger partial charge in [-0.25, -0.2) is 17.7 Å². The maximum atomic E-state index is 11.4. The Morgan fingerprint density at radius 3 is 2.55 bits per heavy atom. The Hall–Kier alpha value is -1.63. The Bertz CT molecular complexity index is 579. The van der Waals surface area contributed by atoms with Crippen LogP contribution in [0.2, 0.25) is 0 Å². The molecule has 0 amide bonds. The van der Waals surface area contributed by atoms with Crippen LogP contribution < -0.4 is 9.29 Å². The number of pyridine rings is 1. The van der Waals surface area contributed by atoms with E-state index in [4.69, 9.17) is 5.26 Å². The summed E-state index contributed by atoms with van der Waals surface area (Å²) in [5, 5.41) is 8.37. The number of aromatic nitrogens is 1. The SMILES string of the molecule is CC(=O)SCC[n+]1ccc(CS(=O)(=O)NC#N)cc1.[OH-]. The van der Waals surface area contributed by atoms with Gasteiger partial charge in [-0.3, -0.25) is 4.79 Å². The molecule has 0 fully saturated rings. The quantitative estimate of drug-likeness (QED) is 0.447. The summed E-state index contributed by atoms with van der Waals surface area (Å²) in [6, 6.07) is 3.35. The minimum Gasteiger partial charge on any atom is -0.870 e. The number of hydrogen-bond acceptors (Lipinski definition) is 6. The fourth-order valence-electron chi connectivity index (χ4n) is 1.35. The molecule has 1 aromatic rings. The van der Waals surface area contributed by atoms with Gasteiger partial charge < -0.3 is 5.48 Å². The van der Waals surface area contributed by atoms with E-state index in [-0.39, 0.29) is 16.3 Å². The first-order valence-corrected chi connectivity index (χ1v) is 8.06. The molecule has 0 aliphatic rings. The van der Waals surface area contributed by atoms with Gasteiger partial charge in [0.1, 0.15) is 0 Å². The average Bonchev–Trinajstić information content (AvgIpc) is 2.30. The van der Waals surface area contributed by atoms with Crippen molar-refractivity contribution in [2.24, 2.45) is 0 Å². The third-order valence-electron chi connectivity index (χ3n) is 2.17. The Kier molecular flexibility index (Phi) is 7.83. The first-order chi connectivity index (χ1) is 8.93. The monoisotopic (exact) mass is 317 g/mol. The molecule has 0 bridgehead atoms. The lowest BCUT2D eigenvalue weighted by Crippen LogP contribution is -2.34. The lowest BCUT2D eigenvalue weighted by atomic mass is 10.3. The number of sulfonamides is 1. The minimum absolute atomic E-state index is 0. The Morgan fingerprint density at radius 2 is 2.05 bits per heavy atom. The normalized spacial score (nSPS) is 10.2. The molecule has 110 valence electrons. The Balaban J connectivity index is 0.00000361. The number of nitrogens with zero attached hydrogens (tertiary/aromatic N) is 2. The van der Waals surface area contributed by atoms with Gasteiger partial charge >= 0.3 is 0 Å². The summed E-state index contributed by atoms with van der Waals surface area (Å²) in [6.45, 7) is 2.19. The molecule has 0 saturated heterocycles. The van der Waals surface area contributed by atoms with Gasteiger partial charge in [0, 0.05) is 19.1 Å². The van der Waals surface area contributed by atoms with Crippen molar-refractivity contribution >= 4 is 26.9 Å². The fourth-order valence-corrected chi connectivity index (χ4v) is 2.79. The van der Waals surface area contributed by atoms with Crippen molar-refractivity contribution in [1.82, 2.24) is 4.72 Å². The van der Waals surface area contributed by atoms with Crippen LogP contribution in [0.1, 0.15) is 12.5 Å². The lowest BCUT2D eigenvalue weighted by Gasteiger charge is -2.01. The number of rotatable bonds is 6. The van der Waals surface area contributed by atoms with Gasteiger partial charge in [0.15, 0.2) is 30.2 Å². The summed E-state index contributed by atoms with van der Waals surface area (Å²) in [4.78, 5) is 10.8. The summed E-state index contributed by atoms with van der Waals surface area (Å²) in [5.41, 5.74) is 0.596. The standard InChI is InChI=1S/C11H14N3O3S2.H2O/c1-10(15)18-7-6-14-4-2-11(3-5-14)8-19(16,17)13-9-12;/h2-5,13H,6-8H2,1H3;1H2/q+1;/p-1. The number of carbonyl (C=O) groups excluding carboxylic acids is 1. The van der Waals surface area contributed by atoms with Crippen molar-refractivity contribution < 1.29 is 23.3 Å². The van der Waals surface area contributed by atoms with E-state index in [9.17, 15) is 13.2 Å². The highest BCUT2D eigenvalue weighted by Gasteiger charge is 2.11. The number of hydrogen-bond donors (Lipinski definition) is 1. The van der Waals surface area contributed by atoms with Gasteiger partial charge in [-0.15, -0.1) is 0 Å². The number of aryl methyl sites for hydroxylation is 1. The number of nitriles is 1. The van der Waals surface area contributed by atoms with E-state index >= 15 is 0 Å². The fraction of sp³-hybridized carbons (Fsp3) is 0.364. The molecule has 0 unspecified atom stereocenters. The Labute approximate surface area is 122 Å². The zero-order valence-electron chi connectivity index (χ0n) is 10.8. The molecular weight excluding hydrogens is 302 g/mol. The zero-order valence-corrected chi connectivity index (χ0v) is 12.4. The summed E-state index contributed by atoms with van der Waals surface area (Å²) in [6.07, 6.45) is 4.90. The highest BCUT2D eigenvalue weighted by molar-refractivity contribution is 8.13. The van der Waals surface area contributed by atoms with E-state index in [1.165, 1.54) is 24.9 Å². The minimum atomic E-state index is -3.59. The van der Waals surface area contributed by atoms with Crippen molar-refractivity contribution in [1.29, 1.82) is 5.26 Å². The Morgan fingerprint density at radius 1 is 1.45 bits per heavy atom. The van der Waals surface area contributed by atoms with Crippen molar-refractivity contribution in [3.05, 3.63) is 30.1 Å². The van der Waals surface area contributed by atoms with Crippen LogP contribution in [0.3, 0.4) is 0 Å². The van der Waals surface area contributed by atoms with Crippen molar-refractivity contribution in [2.75, 3.05) is 5.75 Å². The second kappa shape index (κ2) is 8.52. The molecule has 0 radical (unpaired) electrons. The van der Waals surface area contributed by atoms with Gasteiger partial charge in [0.05, 0.1) is 11.5 Å². The molecule has 0 atom stereocenters. The van der Waals surface area contributed by atoms with E-state index in [1.54, 1.807) is 29.2 Å². The lowest BCUT2D eigenvalue weighted by molar-refractivity contribution is -0.692. The van der Waals surface area contributed by atoms with Gasteiger partial charge in [-0.05, 0) is 5.56 Å². The summed E-state index contributed by atoms with van der Waals surface area (Å²) in [5.74, 6) is 0.442. The molecule has 9 heteroatoms. The van der Waals surface area contributed by atoms with E-state index < -0.39 is 10.0 Å². The first-order valence-electron chi connectivity index (χ1n) is 5.43. The first kappa shape index (κ1) is 18.4. The molecule has 0 aromatic carbocycles. The van der Waals surface area contributed by atoms with Gasteiger partial charge in [-0.2, -0.15) is 5.26 Å². The molecule has 0 aliphatic heterocycles. The predicted molar refractivity (Wildman–Crippen MR) is 73.1 cm³/mol. The van der Waals surface area contributed by atoms with Crippen LogP contribution in [0.15, 0.2) is 24.5 Å². The summed E-state index contributed by atoms with van der Waals surface area (Å²) in [7, 11) is -3.59. The third kappa shape index (κ3) is 7.08. The number of thioether (sulfide) groups is 1. The molecule has 0 spiro atoms. The second-order valence-electron chi connectivity index (χ2n) is 3.76. The van der Waals surface area contributed by atoms with Crippen LogP contribution in [-0.4, -0.2) is 24.8 Å². The van der Waals surface area contributed by atoms with Crippen LogP contribution in [0.4, 0.5) is 0 Å². The highest BCUT2D eigenvalue weighted by Crippen LogP contribution is 2.03. The van der Waals surface area contributed by atoms with Crippen LogP contribution in [0, 0.1) is 11.5 Å². The van der Waals surface area contributed by atoms with Gasteiger partial charge in [0.2, 0.25) is 10.0 Å². The maximum absolute atomic E-state index is 11.4. The molecule has 0 aliphatic carbocycles. The highest BCUT2D eigenvalue weighted by atomic mass is 32.2. The maximum Gasteiger partial charge on any atom is 0.245 e. The molecule has 7 nitrogen and oxygen atoms in total. The van der Waals surface area contributed by atoms with Crippen LogP contribution in [0.25, 0.3) is 0 Å². The van der Waals surface area contributed by atoms with Crippen LogP contribution in [-0.2, 0) is 27.1 Å². The van der Waals surface area contributed by atoms with E-state index in [0.717, 1.165) is 0 Å². The number of nitrogens with one attached hydrogen (secondary N) is 1. The summed E-state index contributed by atoms with van der Waals surface area (Å²) >= 11 is 1.25. The van der Waals surface area contributed by atoms with E-state index in [2.05, 4.69) is 0 Å². The van der Waals surface area contributed by atoms with Crippen molar-refractivity contribution in [2.45, 2.75) is 19.2 Å². The van der Waals surface area contributed by atoms with E-state index in [0.29, 0.717) is 17.9 Å². The molecule has 20 heavy (non-hydrogen) atoms. The van der Waals surface area contributed by atoms with Gasteiger partial charge in [-0.1, -0.05) is 11.8 Å². The number of carbonyl (C=O) groups is 1. The second-order valence-corrected chi connectivity index (χ2v) is 6.75. The molecule has 2 N–H and O–H groups in total. The molecule has 1 rings (SSSR count). The van der Waals surface area contributed by atoms with Crippen molar-refractivity contribution in [3.8, 4) is 6.19 Å². The molecule has 1 heterocycles. The topological polar surface area (TPSA) is 121 Å². The molecular formula is C11H15N3O4S2.